The maximum Gasteiger partial charge on any atom is 0.154 e. The van der Waals surface area contributed by atoms with Gasteiger partial charge in [0.1, 0.15) is 6.61 Å². The first kappa shape index (κ1) is 11.5. The fourth-order valence-electron chi connectivity index (χ4n) is 2.35. The van der Waals surface area contributed by atoms with Crippen LogP contribution in [0.4, 0.5) is 0 Å². The topological polar surface area (TPSA) is 61.0 Å². The molecule has 1 aromatic rings. The quantitative estimate of drug-likeness (QED) is 0.824. The molecule has 4 heteroatoms. The highest BCUT2D eigenvalue weighted by molar-refractivity contribution is 5.26. The minimum atomic E-state index is 0.0651. The van der Waals surface area contributed by atoms with Gasteiger partial charge < -0.3 is 10.5 Å². The number of hydrogen-bond acceptors (Lipinski definition) is 4. The summed E-state index contributed by atoms with van der Waals surface area (Å²) in [5.41, 5.74) is 8.55. The SMILES string of the molecule is COCc1ncc2c(n1)CC(C)(C)CC2N. The smallest absolute Gasteiger partial charge is 0.154 e. The van der Waals surface area contributed by atoms with E-state index in [9.17, 15) is 0 Å². The lowest BCUT2D eigenvalue weighted by Gasteiger charge is -2.34. The van der Waals surface area contributed by atoms with Crippen LogP contribution >= 0.6 is 0 Å². The molecule has 1 atom stereocenters. The average Bonchev–Trinajstić information content (AvgIpc) is 2.15. The van der Waals surface area contributed by atoms with Crippen LogP contribution in [0, 0.1) is 5.41 Å². The largest absolute Gasteiger partial charge is 0.377 e. The summed E-state index contributed by atoms with van der Waals surface area (Å²) in [6, 6.07) is 0.0651. The molecular weight excluding hydrogens is 202 g/mol. The third-order valence-electron chi connectivity index (χ3n) is 3.04. The Bertz CT molecular complexity index is 390. The first-order valence-corrected chi connectivity index (χ1v) is 5.61. The number of aromatic nitrogens is 2. The second-order valence-electron chi connectivity index (χ2n) is 5.27. The zero-order valence-electron chi connectivity index (χ0n) is 10.2. The molecule has 2 N–H and O–H groups in total. The molecule has 0 aliphatic heterocycles. The highest BCUT2D eigenvalue weighted by Gasteiger charge is 2.31. The van der Waals surface area contributed by atoms with Crippen LogP contribution in [-0.4, -0.2) is 17.1 Å². The molecule has 0 amide bonds. The Balaban J connectivity index is 2.34. The van der Waals surface area contributed by atoms with Gasteiger partial charge in [-0.05, 0) is 18.3 Å². The molecule has 0 saturated heterocycles. The number of rotatable bonds is 2. The van der Waals surface area contributed by atoms with Gasteiger partial charge in [-0.2, -0.15) is 0 Å². The van der Waals surface area contributed by atoms with Crippen LogP contribution in [-0.2, 0) is 17.8 Å². The zero-order valence-corrected chi connectivity index (χ0v) is 10.2. The summed E-state index contributed by atoms with van der Waals surface area (Å²) in [5, 5.41) is 0. The summed E-state index contributed by atoms with van der Waals surface area (Å²) >= 11 is 0. The predicted octanol–water partition coefficient (Wildman–Crippen LogP) is 1.60. The van der Waals surface area contributed by atoms with Gasteiger partial charge in [0.15, 0.2) is 5.82 Å². The lowest BCUT2D eigenvalue weighted by Crippen LogP contribution is -2.31. The molecule has 1 heterocycles. The van der Waals surface area contributed by atoms with E-state index in [0.717, 1.165) is 29.9 Å². The molecule has 0 spiro atoms. The Kier molecular flexibility index (Phi) is 2.95. The number of nitrogens with two attached hydrogens (primary N) is 1. The van der Waals surface area contributed by atoms with Crippen LogP contribution in [0.25, 0.3) is 0 Å². The molecule has 1 aromatic heterocycles. The maximum absolute atomic E-state index is 6.13. The number of ether oxygens (including phenoxy) is 1. The van der Waals surface area contributed by atoms with Crippen molar-refractivity contribution in [2.45, 2.75) is 39.3 Å². The fourth-order valence-corrected chi connectivity index (χ4v) is 2.35. The van der Waals surface area contributed by atoms with Crippen LogP contribution in [0.5, 0.6) is 0 Å². The first-order chi connectivity index (χ1) is 7.52. The molecule has 0 saturated carbocycles. The van der Waals surface area contributed by atoms with Gasteiger partial charge in [0.05, 0.1) is 0 Å². The third kappa shape index (κ3) is 2.23. The van der Waals surface area contributed by atoms with Crippen molar-refractivity contribution in [3.05, 3.63) is 23.3 Å². The summed E-state index contributed by atoms with van der Waals surface area (Å²) in [6.45, 7) is 4.92. The molecule has 0 fully saturated rings. The van der Waals surface area contributed by atoms with Gasteiger partial charge in [-0.3, -0.25) is 0 Å². The predicted molar refractivity (Wildman–Crippen MR) is 61.8 cm³/mol. The van der Waals surface area contributed by atoms with Crippen LogP contribution < -0.4 is 5.73 Å². The normalized spacial score (nSPS) is 22.9. The van der Waals surface area contributed by atoms with Crippen molar-refractivity contribution < 1.29 is 4.74 Å². The van der Waals surface area contributed by atoms with Crippen molar-refractivity contribution in [1.29, 1.82) is 0 Å². The molecule has 0 aromatic carbocycles. The van der Waals surface area contributed by atoms with Crippen LogP contribution in [0.2, 0.25) is 0 Å². The molecule has 1 aliphatic rings. The van der Waals surface area contributed by atoms with E-state index in [4.69, 9.17) is 10.5 Å². The number of methoxy groups -OCH3 is 1. The third-order valence-corrected chi connectivity index (χ3v) is 3.04. The van der Waals surface area contributed by atoms with Gasteiger partial charge in [-0.1, -0.05) is 13.8 Å². The Morgan fingerprint density at radius 1 is 1.56 bits per heavy atom. The Morgan fingerprint density at radius 2 is 2.31 bits per heavy atom. The first-order valence-electron chi connectivity index (χ1n) is 5.61. The fraction of sp³-hybridized carbons (Fsp3) is 0.667. The molecule has 4 nitrogen and oxygen atoms in total. The van der Waals surface area contributed by atoms with Gasteiger partial charge >= 0.3 is 0 Å². The van der Waals surface area contributed by atoms with Crippen molar-refractivity contribution in [3.63, 3.8) is 0 Å². The molecule has 16 heavy (non-hydrogen) atoms. The highest BCUT2D eigenvalue weighted by atomic mass is 16.5. The number of hydrogen-bond donors (Lipinski definition) is 1. The van der Waals surface area contributed by atoms with E-state index in [1.54, 1.807) is 7.11 Å². The summed E-state index contributed by atoms with van der Waals surface area (Å²) in [7, 11) is 1.65. The van der Waals surface area contributed by atoms with Gasteiger partial charge in [-0.15, -0.1) is 0 Å². The molecule has 0 bridgehead atoms. The van der Waals surface area contributed by atoms with E-state index in [2.05, 4.69) is 23.8 Å². The van der Waals surface area contributed by atoms with Crippen LogP contribution in [0.3, 0.4) is 0 Å². The summed E-state index contributed by atoms with van der Waals surface area (Å²) in [6.07, 6.45) is 3.82. The molecular formula is C12H19N3O. The van der Waals surface area contributed by atoms with E-state index in [0.29, 0.717) is 6.61 Å². The summed E-state index contributed by atoms with van der Waals surface area (Å²) in [4.78, 5) is 8.80. The molecule has 1 aliphatic carbocycles. The van der Waals surface area contributed by atoms with Crippen molar-refractivity contribution in [1.82, 2.24) is 9.97 Å². The van der Waals surface area contributed by atoms with Crippen molar-refractivity contribution in [3.8, 4) is 0 Å². The second-order valence-corrected chi connectivity index (χ2v) is 5.27. The highest BCUT2D eigenvalue weighted by Crippen LogP contribution is 2.38. The molecule has 2 rings (SSSR count). The lowest BCUT2D eigenvalue weighted by atomic mass is 9.74. The Hall–Kier alpha value is -1.00. The molecule has 1 unspecified atom stereocenters. The van der Waals surface area contributed by atoms with E-state index < -0.39 is 0 Å². The minimum absolute atomic E-state index is 0.0651. The summed E-state index contributed by atoms with van der Waals surface area (Å²) in [5.74, 6) is 0.742. The van der Waals surface area contributed by atoms with Crippen molar-refractivity contribution >= 4 is 0 Å². The average molecular weight is 221 g/mol. The monoisotopic (exact) mass is 221 g/mol. The van der Waals surface area contributed by atoms with Crippen LogP contribution in [0.1, 0.15) is 43.4 Å². The summed E-state index contributed by atoms with van der Waals surface area (Å²) < 4.78 is 5.04. The molecule has 0 radical (unpaired) electrons. The van der Waals surface area contributed by atoms with Crippen molar-refractivity contribution in [2.24, 2.45) is 11.1 Å². The minimum Gasteiger partial charge on any atom is -0.377 e. The van der Waals surface area contributed by atoms with Gasteiger partial charge in [-0.25, -0.2) is 9.97 Å². The van der Waals surface area contributed by atoms with Gasteiger partial charge in [0, 0.05) is 30.6 Å². The van der Waals surface area contributed by atoms with E-state index >= 15 is 0 Å². The van der Waals surface area contributed by atoms with Gasteiger partial charge in [0.25, 0.3) is 0 Å². The Morgan fingerprint density at radius 3 is 3.00 bits per heavy atom. The lowest BCUT2D eigenvalue weighted by molar-refractivity contribution is 0.176. The number of nitrogens with zero attached hydrogens (tertiary/aromatic N) is 2. The zero-order chi connectivity index (χ0) is 11.8. The Labute approximate surface area is 96.2 Å². The van der Waals surface area contributed by atoms with E-state index in [-0.39, 0.29) is 11.5 Å². The second kappa shape index (κ2) is 4.11. The van der Waals surface area contributed by atoms with Gasteiger partial charge in [0.2, 0.25) is 0 Å². The standard InChI is InChI=1S/C12H19N3O/c1-12(2)4-9(13)8-6-14-11(7-16-3)15-10(8)5-12/h6,9H,4-5,7,13H2,1-3H3. The maximum atomic E-state index is 6.13. The van der Waals surface area contributed by atoms with Crippen molar-refractivity contribution in [2.75, 3.05) is 7.11 Å². The van der Waals surface area contributed by atoms with E-state index in [1.807, 2.05) is 6.20 Å². The number of fused-ring (bicyclic) bond motifs is 1. The van der Waals surface area contributed by atoms with Crippen LogP contribution in [0.15, 0.2) is 6.20 Å². The van der Waals surface area contributed by atoms with E-state index in [1.165, 1.54) is 0 Å². The molecule has 88 valence electrons.